The largest absolute Gasteiger partial charge is 0.381 e. The molecule has 1 aromatic rings. The van der Waals surface area contributed by atoms with Gasteiger partial charge in [-0.05, 0) is 13.3 Å². The number of ether oxygens (including phenoxy) is 1. The molecule has 1 saturated heterocycles. The third-order valence-corrected chi connectivity index (χ3v) is 4.41. The molecular formula is C12H21N3O2S. The summed E-state index contributed by atoms with van der Waals surface area (Å²) in [5.41, 5.74) is 7.31. The fraction of sp³-hybridized carbons (Fsp3) is 0.750. The first-order valence-corrected chi connectivity index (χ1v) is 7.97. The number of hydrogen-bond donors (Lipinski definition) is 1. The summed E-state index contributed by atoms with van der Waals surface area (Å²) in [6.45, 7) is 3.56. The molecule has 4 atom stereocenters. The van der Waals surface area contributed by atoms with Crippen LogP contribution in [0.2, 0.25) is 0 Å². The fourth-order valence-corrected chi connectivity index (χ4v) is 3.28. The zero-order valence-corrected chi connectivity index (χ0v) is 11.7. The predicted octanol–water partition coefficient (Wildman–Crippen LogP) is 0.859. The van der Waals surface area contributed by atoms with Gasteiger partial charge in [-0.3, -0.25) is 4.21 Å². The van der Waals surface area contributed by atoms with Gasteiger partial charge in [0.05, 0.1) is 24.7 Å². The zero-order valence-electron chi connectivity index (χ0n) is 10.9. The maximum atomic E-state index is 11.3. The molecule has 18 heavy (non-hydrogen) atoms. The quantitative estimate of drug-likeness (QED) is 0.862. The smallest absolute Gasteiger partial charge is 0.0951 e. The third-order valence-electron chi connectivity index (χ3n) is 3.46. The molecule has 0 aliphatic carbocycles. The van der Waals surface area contributed by atoms with Gasteiger partial charge < -0.3 is 15.0 Å². The summed E-state index contributed by atoms with van der Waals surface area (Å²) >= 11 is 0. The van der Waals surface area contributed by atoms with Crippen molar-refractivity contribution in [3.8, 4) is 0 Å². The second-order valence-corrected chi connectivity index (χ2v) is 6.44. The first-order valence-electron chi connectivity index (χ1n) is 6.24. The summed E-state index contributed by atoms with van der Waals surface area (Å²) < 4.78 is 18.7. The van der Waals surface area contributed by atoms with E-state index < -0.39 is 10.8 Å². The van der Waals surface area contributed by atoms with Crippen molar-refractivity contribution in [2.24, 2.45) is 11.7 Å². The monoisotopic (exact) mass is 271 g/mol. The third kappa shape index (κ3) is 2.99. The Morgan fingerprint density at radius 3 is 3.11 bits per heavy atom. The molecule has 0 spiro atoms. The van der Waals surface area contributed by atoms with Crippen molar-refractivity contribution < 1.29 is 8.95 Å². The number of imidazole rings is 1. The van der Waals surface area contributed by atoms with Crippen molar-refractivity contribution in [3.63, 3.8) is 0 Å². The summed E-state index contributed by atoms with van der Waals surface area (Å²) in [6.07, 6.45) is 6.32. The normalized spacial score (nSPS) is 24.9. The molecule has 1 aliphatic heterocycles. The number of hydrogen-bond acceptors (Lipinski definition) is 4. The van der Waals surface area contributed by atoms with Gasteiger partial charge in [0.1, 0.15) is 0 Å². The van der Waals surface area contributed by atoms with Crippen molar-refractivity contribution in [1.29, 1.82) is 0 Å². The van der Waals surface area contributed by atoms with E-state index in [1.165, 1.54) is 0 Å². The van der Waals surface area contributed by atoms with Crippen LogP contribution in [-0.4, -0.2) is 39.0 Å². The highest BCUT2D eigenvalue weighted by molar-refractivity contribution is 7.84. The van der Waals surface area contributed by atoms with Crippen molar-refractivity contribution in [3.05, 3.63) is 18.2 Å². The molecule has 1 fully saturated rings. The molecule has 2 N–H and O–H groups in total. The van der Waals surface area contributed by atoms with Crippen LogP contribution in [0.5, 0.6) is 0 Å². The van der Waals surface area contributed by atoms with E-state index in [2.05, 4.69) is 4.98 Å². The lowest BCUT2D eigenvalue weighted by atomic mass is 9.97. The summed E-state index contributed by atoms with van der Waals surface area (Å²) in [6, 6.07) is 0.101. The molecule has 6 heteroatoms. The fourth-order valence-electron chi connectivity index (χ4n) is 2.44. The second kappa shape index (κ2) is 5.95. The Bertz CT molecular complexity index is 415. The van der Waals surface area contributed by atoms with Gasteiger partial charge in [-0.1, -0.05) is 0 Å². The van der Waals surface area contributed by atoms with E-state index >= 15 is 0 Å². The molecule has 0 bridgehead atoms. The van der Waals surface area contributed by atoms with Gasteiger partial charge in [-0.2, -0.15) is 0 Å². The Morgan fingerprint density at radius 2 is 2.50 bits per heavy atom. The number of nitrogens with two attached hydrogens (primary N) is 1. The van der Waals surface area contributed by atoms with E-state index in [4.69, 9.17) is 10.5 Å². The highest BCUT2D eigenvalue weighted by Gasteiger charge is 2.27. The highest BCUT2D eigenvalue weighted by Crippen LogP contribution is 2.28. The Balaban J connectivity index is 2.13. The number of aromatic nitrogens is 2. The molecule has 4 unspecified atom stereocenters. The lowest BCUT2D eigenvalue weighted by Crippen LogP contribution is -2.26. The maximum Gasteiger partial charge on any atom is 0.0951 e. The Kier molecular flexibility index (Phi) is 4.53. The minimum absolute atomic E-state index is 0.0530. The van der Waals surface area contributed by atoms with Crippen LogP contribution in [-0.2, 0) is 15.5 Å². The molecule has 5 nitrogen and oxygen atoms in total. The second-order valence-electron chi connectivity index (χ2n) is 4.96. The minimum atomic E-state index is -0.818. The lowest BCUT2D eigenvalue weighted by molar-refractivity contribution is 0.180. The van der Waals surface area contributed by atoms with Crippen LogP contribution in [0.4, 0.5) is 0 Å². The van der Waals surface area contributed by atoms with Crippen LogP contribution in [0.15, 0.2) is 12.5 Å². The minimum Gasteiger partial charge on any atom is -0.381 e. The molecular weight excluding hydrogens is 250 g/mol. The standard InChI is InChI=1S/C12H21N3O2S/c1-9(7-18(2)16)15-8-14-5-11(15)12(13)10-3-4-17-6-10/h5,8-10,12H,3-4,6-7,13H2,1-2H3. The Hall–Kier alpha value is -0.720. The van der Waals surface area contributed by atoms with Crippen LogP contribution >= 0.6 is 0 Å². The van der Waals surface area contributed by atoms with Crippen molar-refractivity contribution >= 4 is 10.8 Å². The van der Waals surface area contributed by atoms with E-state index in [9.17, 15) is 4.21 Å². The Morgan fingerprint density at radius 1 is 1.72 bits per heavy atom. The average Bonchev–Trinajstić information content (AvgIpc) is 2.98. The molecule has 1 aromatic heterocycles. The summed E-state index contributed by atoms with van der Waals surface area (Å²) in [4.78, 5) is 4.19. The molecule has 2 rings (SSSR count). The van der Waals surface area contributed by atoms with E-state index in [-0.39, 0.29) is 12.1 Å². The first kappa shape index (κ1) is 13.7. The van der Waals surface area contributed by atoms with E-state index in [0.717, 1.165) is 25.3 Å². The van der Waals surface area contributed by atoms with E-state index in [0.29, 0.717) is 11.7 Å². The Labute approximate surface area is 110 Å². The van der Waals surface area contributed by atoms with Gasteiger partial charge >= 0.3 is 0 Å². The molecule has 0 radical (unpaired) electrons. The van der Waals surface area contributed by atoms with E-state index in [1.807, 2.05) is 17.7 Å². The number of nitrogens with zero attached hydrogens (tertiary/aromatic N) is 2. The van der Waals surface area contributed by atoms with E-state index in [1.54, 1.807) is 12.6 Å². The summed E-state index contributed by atoms with van der Waals surface area (Å²) in [7, 11) is -0.818. The molecule has 0 saturated carbocycles. The van der Waals surface area contributed by atoms with Crippen molar-refractivity contribution in [1.82, 2.24) is 9.55 Å². The molecule has 102 valence electrons. The lowest BCUT2D eigenvalue weighted by Gasteiger charge is -2.22. The summed E-state index contributed by atoms with van der Waals surface area (Å²) in [5.74, 6) is 0.983. The first-order chi connectivity index (χ1) is 8.59. The highest BCUT2D eigenvalue weighted by atomic mass is 32.2. The molecule has 2 heterocycles. The van der Waals surface area contributed by atoms with Crippen LogP contribution < -0.4 is 5.73 Å². The van der Waals surface area contributed by atoms with Crippen LogP contribution in [0.1, 0.15) is 31.1 Å². The van der Waals surface area contributed by atoms with Crippen molar-refractivity contribution in [2.45, 2.75) is 25.4 Å². The van der Waals surface area contributed by atoms with Gasteiger partial charge in [-0.25, -0.2) is 4.98 Å². The maximum absolute atomic E-state index is 11.3. The molecule has 0 aromatic carbocycles. The molecule has 0 amide bonds. The topological polar surface area (TPSA) is 70.1 Å². The van der Waals surface area contributed by atoms with Gasteiger partial charge in [0.25, 0.3) is 0 Å². The zero-order chi connectivity index (χ0) is 13.1. The SMILES string of the molecule is CC(CS(C)=O)n1cncc1C(N)C1CCOC1. The van der Waals surface area contributed by atoms with Crippen LogP contribution in [0, 0.1) is 5.92 Å². The number of rotatable bonds is 5. The van der Waals surface area contributed by atoms with Gasteiger partial charge in [0.2, 0.25) is 0 Å². The predicted molar refractivity (Wildman–Crippen MR) is 71.7 cm³/mol. The summed E-state index contributed by atoms with van der Waals surface area (Å²) in [5, 5.41) is 0. The van der Waals surface area contributed by atoms with Crippen LogP contribution in [0.3, 0.4) is 0 Å². The van der Waals surface area contributed by atoms with Gasteiger partial charge in [0, 0.05) is 47.6 Å². The van der Waals surface area contributed by atoms with Gasteiger partial charge in [-0.15, -0.1) is 0 Å². The average molecular weight is 271 g/mol. The van der Waals surface area contributed by atoms with Crippen LogP contribution in [0.25, 0.3) is 0 Å². The van der Waals surface area contributed by atoms with Crippen molar-refractivity contribution in [2.75, 3.05) is 25.2 Å². The van der Waals surface area contributed by atoms with Gasteiger partial charge in [0.15, 0.2) is 0 Å². The molecule has 1 aliphatic rings.